The third-order valence-corrected chi connectivity index (χ3v) is 3.83. The summed E-state index contributed by atoms with van der Waals surface area (Å²) in [7, 11) is 0. The number of pyridine rings is 1. The Morgan fingerprint density at radius 1 is 1.47 bits per heavy atom. The largest absolute Gasteiger partial charge is 0.444 e. The van der Waals surface area contributed by atoms with Crippen LogP contribution in [0.15, 0.2) is 6.20 Å². The van der Waals surface area contributed by atoms with Crippen molar-refractivity contribution in [3.63, 3.8) is 0 Å². The number of hydrogen-bond acceptors (Lipinski definition) is 7. The van der Waals surface area contributed by atoms with Crippen molar-refractivity contribution in [1.82, 2.24) is 9.97 Å². The first kappa shape index (κ1) is 12.4. The monoisotopic (exact) mass is 284 g/mol. The highest BCUT2D eigenvalue weighted by atomic mass is 32.1. The number of nitrogens with two attached hydrogens (primary N) is 1. The summed E-state index contributed by atoms with van der Waals surface area (Å²) in [5.74, 6) is 0.183. The minimum atomic E-state index is -0.934. The molecule has 8 heteroatoms. The van der Waals surface area contributed by atoms with Crippen molar-refractivity contribution in [3.8, 4) is 5.88 Å². The van der Waals surface area contributed by atoms with Crippen molar-refractivity contribution in [3.05, 3.63) is 6.20 Å². The molecule has 2 aromatic rings. The van der Waals surface area contributed by atoms with Crippen LogP contribution in [-0.4, -0.2) is 43.1 Å². The molecule has 1 saturated heterocycles. The van der Waals surface area contributed by atoms with Gasteiger partial charge in [-0.3, -0.25) is 0 Å². The highest BCUT2D eigenvalue weighted by molar-refractivity contribution is 7.22. The summed E-state index contributed by atoms with van der Waals surface area (Å²) in [6, 6.07) is 0. The Morgan fingerprint density at radius 2 is 2.26 bits per heavy atom. The van der Waals surface area contributed by atoms with E-state index >= 15 is 0 Å². The predicted octanol–water partition coefficient (Wildman–Crippen LogP) is 1.42. The molecule has 3 heterocycles. The number of aromatic nitrogens is 2. The van der Waals surface area contributed by atoms with Gasteiger partial charge in [-0.1, -0.05) is 11.3 Å². The number of nitrogen functional groups attached to an aromatic ring is 1. The zero-order chi connectivity index (χ0) is 13.2. The number of hydrogen-bond donors (Lipinski definition) is 1. The number of morpholine rings is 1. The average Bonchev–Trinajstić information content (AvgIpc) is 2.82. The van der Waals surface area contributed by atoms with Crippen molar-refractivity contribution in [2.75, 3.05) is 43.8 Å². The third-order valence-electron chi connectivity index (χ3n) is 2.93. The molecule has 3 rings (SSSR count). The van der Waals surface area contributed by atoms with Gasteiger partial charge in [-0.2, -0.15) is 0 Å². The zero-order valence-corrected chi connectivity index (χ0v) is 11.0. The molecular weight excluding hydrogens is 271 g/mol. The first-order valence-electron chi connectivity index (χ1n) is 5.86. The average molecular weight is 284 g/mol. The Bertz CT molecular complexity index is 585. The van der Waals surface area contributed by atoms with Crippen LogP contribution in [-0.2, 0) is 4.74 Å². The second kappa shape index (κ2) is 5.14. The molecule has 1 aliphatic rings. The summed E-state index contributed by atoms with van der Waals surface area (Å²) in [6.45, 7) is 2.00. The van der Waals surface area contributed by atoms with Gasteiger partial charge in [-0.05, 0) is 0 Å². The number of fused-ring (bicyclic) bond motifs is 1. The molecule has 0 amide bonds. The fourth-order valence-electron chi connectivity index (χ4n) is 2.08. The van der Waals surface area contributed by atoms with Crippen LogP contribution < -0.4 is 15.4 Å². The van der Waals surface area contributed by atoms with Crippen LogP contribution in [0.3, 0.4) is 0 Å². The summed E-state index contributed by atoms with van der Waals surface area (Å²) in [5.41, 5.74) is 7.20. The maximum Gasteiger partial charge on any atom is 0.244 e. The van der Waals surface area contributed by atoms with Gasteiger partial charge in [-0.15, -0.1) is 0 Å². The Labute approximate surface area is 113 Å². The summed E-state index contributed by atoms with van der Waals surface area (Å²) in [4.78, 5) is 10.5. The van der Waals surface area contributed by atoms with Crippen molar-refractivity contribution in [2.24, 2.45) is 0 Å². The van der Waals surface area contributed by atoms with Crippen molar-refractivity contribution in [1.29, 1.82) is 0 Å². The van der Waals surface area contributed by atoms with Crippen LogP contribution in [0.2, 0.25) is 0 Å². The van der Waals surface area contributed by atoms with Gasteiger partial charge in [0.05, 0.1) is 29.8 Å². The van der Waals surface area contributed by atoms with Gasteiger partial charge in [-0.25, -0.2) is 14.4 Å². The molecule has 0 unspecified atom stereocenters. The Kier molecular flexibility index (Phi) is 3.34. The predicted molar refractivity (Wildman–Crippen MR) is 71.5 cm³/mol. The molecule has 1 aliphatic heterocycles. The number of rotatable bonds is 3. The molecular formula is C11H13FN4O2S. The summed E-state index contributed by atoms with van der Waals surface area (Å²) in [6.07, 6.45) is 1.68. The van der Waals surface area contributed by atoms with Crippen molar-refractivity contribution < 1.29 is 13.9 Å². The van der Waals surface area contributed by atoms with E-state index in [0.29, 0.717) is 23.9 Å². The SMILES string of the molecule is Nc1nc2c(OCF)ncc(N3CCOCC3)c2s1. The van der Waals surface area contributed by atoms with E-state index in [-0.39, 0.29) is 5.88 Å². The molecule has 1 fully saturated rings. The first-order valence-corrected chi connectivity index (χ1v) is 6.67. The fourth-order valence-corrected chi connectivity index (χ4v) is 2.94. The van der Waals surface area contributed by atoms with E-state index in [1.54, 1.807) is 6.20 Å². The number of ether oxygens (including phenoxy) is 2. The summed E-state index contributed by atoms with van der Waals surface area (Å²) < 4.78 is 23.4. The van der Waals surface area contributed by atoms with Crippen LogP contribution >= 0.6 is 11.3 Å². The molecule has 2 N–H and O–H groups in total. The van der Waals surface area contributed by atoms with Crippen LogP contribution in [0.5, 0.6) is 5.88 Å². The standard InChI is InChI=1S/C11H13FN4O2S/c12-6-18-10-8-9(19-11(13)15-8)7(5-14-10)16-1-3-17-4-2-16/h5H,1-4,6H2,(H2,13,15). The van der Waals surface area contributed by atoms with E-state index in [9.17, 15) is 4.39 Å². The normalized spacial score (nSPS) is 15.9. The number of anilines is 2. The topological polar surface area (TPSA) is 73.5 Å². The van der Waals surface area contributed by atoms with Gasteiger partial charge in [0.15, 0.2) is 5.13 Å². The first-order chi connectivity index (χ1) is 9.29. The quantitative estimate of drug-likeness (QED) is 0.919. The molecule has 0 saturated carbocycles. The Balaban J connectivity index is 2.07. The number of nitrogens with zero attached hydrogens (tertiary/aromatic N) is 3. The minimum Gasteiger partial charge on any atom is -0.444 e. The van der Waals surface area contributed by atoms with Crippen LogP contribution in [0.1, 0.15) is 0 Å². The van der Waals surface area contributed by atoms with E-state index in [0.717, 1.165) is 23.5 Å². The van der Waals surface area contributed by atoms with E-state index in [2.05, 4.69) is 14.9 Å². The maximum absolute atomic E-state index is 12.3. The summed E-state index contributed by atoms with van der Waals surface area (Å²) in [5, 5.41) is 0.418. The molecule has 0 atom stereocenters. The summed E-state index contributed by atoms with van der Waals surface area (Å²) >= 11 is 1.35. The van der Waals surface area contributed by atoms with Crippen LogP contribution in [0.25, 0.3) is 10.2 Å². The number of thiazole rings is 1. The van der Waals surface area contributed by atoms with E-state index in [4.69, 9.17) is 15.2 Å². The van der Waals surface area contributed by atoms with Crippen LogP contribution in [0.4, 0.5) is 15.2 Å². The van der Waals surface area contributed by atoms with Crippen molar-refractivity contribution >= 4 is 32.4 Å². The minimum absolute atomic E-state index is 0.183. The molecule has 0 radical (unpaired) electrons. The molecule has 0 aromatic carbocycles. The molecule has 102 valence electrons. The lowest BCUT2D eigenvalue weighted by molar-refractivity contribution is 0.123. The lowest BCUT2D eigenvalue weighted by Crippen LogP contribution is -2.36. The molecule has 2 aromatic heterocycles. The number of alkyl halides is 1. The highest BCUT2D eigenvalue weighted by Gasteiger charge is 2.19. The molecule has 6 nitrogen and oxygen atoms in total. The second-order valence-corrected chi connectivity index (χ2v) is 5.06. The van der Waals surface area contributed by atoms with Crippen LogP contribution in [0, 0.1) is 0 Å². The Morgan fingerprint density at radius 3 is 3.00 bits per heavy atom. The van der Waals surface area contributed by atoms with Gasteiger partial charge < -0.3 is 20.1 Å². The lowest BCUT2D eigenvalue weighted by Gasteiger charge is -2.28. The van der Waals surface area contributed by atoms with E-state index in [1.807, 2.05) is 0 Å². The highest BCUT2D eigenvalue weighted by Crippen LogP contribution is 2.37. The molecule has 19 heavy (non-hydrogen) atoms. The second-order valence-electron chi connectivity index (χ2n) is 4.03. The maximum atomic E-state index is 12.3. The molecule has 0 aliphatic carbocycles. The molecule has 0 spiro atoms. The van der Waals surface area contributed by atoms with Gasteiger partial charge in [0.25, 0.3) is 0 Å². The van der Waals surface area contributed by atoms with Gasteiger partial charge in [0, 0.05) is 13.1 Å². The third kappa shape index (κ3) is 2.28. The van der Waals surface area contributed by atoms with E-state index < -0.39 is 6.86 Å². The van der Waals surface area contributed by atoms with Crippen molar-refractivity contribution in [2.45, 2.75) is 0 Å². The fraction of sp³-hybridized carbons (Fsp3) is 0.455. The van der Waals surface area contributed by atoms with E-state index in [1.165, 1.54) is 11.3 Å². The lowest BCUT2D eigenvalue weighted by atomic mass is 10.3. The smallest absolute Gasteiger partial charge is 0.244 e. The molecule has 0 bridgehead atoms. The van der Waals surface area contributed by atoms with Gasteiger partial charge in [0.1, 0.15) is 5.52 Å². The Hall–Kier alpha value is -1.67. The zero-order valence-electron chi connectivity index (χ0n) is 10.1. The van der Waals surface area contributed by atoms with Gasteiger partial charge in [0.2, 0.25) is 12.7 Å². The number of halogens is 1. The van der Waals surface area contributed by atoms with Gasteiger partial charge >= 0.3 is 0 Å².